The Bertz CT molecular complexity index is 2500. The average Bonchev–Trinajstić information content (AvgIpc) is 3.43. The maximum Gasteiger partial charge on any atom is 0.133 e. The van der Waals surface area contributed by atoms with Gasteiger partial charge in [0, 0.05) is 22.3 Å². The summed E-state index contributed by atoms with van der Waals surface area (Å²) in [7, 11) is 0. The number of hydrogen-bond acceptors (Lipinski definition) is 3. The van der Waals surface area contributed by atoms with Gasteiger partial charge in [-0.25, -0.2) is 9.97 Å². The van der Waals surface area contributed by atoms with Gasteiger partial charge >= 0.3 is 0 Å². The molecule has 1 unspecified atom stereocenters. The van der Waals surface area contributed by atoms with Gasteiger partial charge < -0.3 is 4.74 Å². The fraction of sp³-hybridized carbons (Fsp3) is 0.0233. The molecule has 0 N–H and O–H groups in total. The highest BCUT2D eigenvalue weighted by Crippen LogP contribution is 2.64. The average molecular weight is 587 g/mol. The van der Waals surface area contributed by atoms with Crippen LogP contribution in [0.15, 0.2) is 158 Å². The molecule has 1 aromatic heterocycles. The number of para-hydroxylation sites is 1. The van der Waals surface area contributed by atoms with E-state index in [1.165, 1.54) is 27.8 Å². The van der Waals surface area contributed by atoms with Crippen molar-refractivity contribution in [3.8, 4) is 45.1 Å². The summed E-state index contributed by atoms with van der Waals surface area (Å²) in [5.41, 5.74) is 12.2. The molecule has 10 rings (SSSR count). The first-order valence-electron chi connectivity index (χ1n) is 15.7. The van der Waals surface area contributed by atoms with Gasteiger partial charge in [-0.1, -0.05) is 127 Å². The van der Waals surface area contributed by atoms with Gasteiger partial charge in [0.25, 0.3) is 0 Å². The molecule has 3 nitrogen and oxygen atoms in total. The quantitative estimate of drug-likeness (QED) is 0.193. The number of rotatable bonds is 3. The van der Waals surface area contributed by atoms with E-state index in [9.17, 15) is 0 Å². The summed E-state index contributed by atoms with van der Waals surface area (Å²) < 4.78 is 6.85. The van der Waals surface area contributed by atoms with Crippen molar-refractivity contribution in [2.45, 2.75) is 5.41 Å². The van der Waals surface area contributed by atoms with Crippen molar-refractivity contribution in [3.63, 3.8) is 0 Å². The van der Waals surface area contributed by atoms with Crippen LogP contribution >= 0.6 is 0 Å². The van der Waals surface area contributed by atoms with E-state index in [0.29, 0.717) is 0 Å². The van der Waals surface area contributed by atoms with Crippen molar-refractivity contribution in [2.75, 3.05) is 0 Å². The van der Waals surface area contributed by atoms with Gasteiger partial charge in [-0.3, -0.25) is 0 Å². The lowest BCUT2D eigenvalue weighted by Gasteiger charge is -2.39. The van der Waals surface area contributed by atoms with Gasteiger partial charge in [0.1, 0.15) is 11.5 Å². The van der Waals surface area contributed by atoms with E-state index in [0.717, 1.165) is 61.4 Å². The molecule has 2 heterocycles. The summed E-state index contributed by atoms with van der Waals surface area (Å²) in [6.07, 6.45) is 0. The molecule has 1 aliphatic heterocycles. The second-order valence-corrected chi connectivity index (χ2v) is 12.1. The Morgan fingerprint density at radius 1 is 0.435 bits per heavy atom. The molecule has 0 saturated carbocycles. The predicted molar refractivity (Wildman–Crippen MR) is 185 cm³/mol. The molecule has 0 spiro atoms. The Hall–Kier alpha value is -6.06. The summed E-state index contributed by atoms with van der Waals surface area (Å²) in [6.45, 7) is 0. The molecule has 1 aliphatic carbocycles. The largest absolute Gasteiger partial charge is 0.457 e. The lowest BCUT2D eigenvalue weighted by atomic mass is 9.66. The van der Waals surface area contributed by atoms with E-state index < -0.39 is 5.41 Å². The summed E-state index contributed by atoms with van der Waals surface area (Å²) >= 11 is 0. The van der Waals surface area contributed by atoms with Crippen LogP contribution in [0.2, 0.25) is 0 Å². The van der Waals surface area contributed by atoms with Crippen molar-refractivity contribution in [1.29, 1.82) is 0 Å². The van der Waals surface area contributed by atoms with Crippen molar-refractivity contribution in [1.82, 2.24) is 9.97 Å². The lowest BCUT2D eigenvalue weighted by molar-refractivity contribution is 0.438. The van der Waals surface area contributed by atoms with Crippen molar-refractivity contribution >= 4 is 21.8 Å². The summed E-state index contributed by atoms with van der Waals surface area (Å²) in [6, 6.07) is 55.7. The fourth-order valence-corrected chi connectivity index (χ4v) is 7.76. The lowest BCUT2D eigenvalue weighted by Crippen LogP contribution is -2.31. The highest BCUT2D eigenvalue weighted by Gasteiger charge is 2.51. The van der Waals surface area contributed by atoms with Crippen LogP contribution in [0, 0.1) is 0 Å². The molecule has 0 radical (unpaired) electrons. The second kappa shape index (κ2) is 9.47. The van der Waals surface area contributed by atoms with Crippen LogP contribution in [0.4, 0.5) is 0 Å². The molecule has 0 bridgehead atoms. The van der Waals surface area contributed by atoms with Crippen LogP contribution in [-0.2, 0) is 5.41 Å². The minimum atomic E-state index is -0.494. The molecule has 0 amide bonds. The molecule has 7 aromatic carbocycles. The number of nitrogens with zero attached hydrogens (tertiary/aromatic N) is 2. The molecule has 8 aromatic rings. The van der Waals surface area contributed by atoms with Crippen LogP contribution in [0.25, 0.3) is 55.4 Å². The summed E-state index contributed by atoms with van der Waals surface area (Å²) in [4.78, 5) is 10.7. The molecule has 46 heavy (non-hydrogen) atoms. The minimum Gasteiger partial charge on any atom is -0.457 e. The topological polar surface area (TPSA) is 35.0 Å². The molecule has 2 aliphatic rings. The van der Waals surface area contributed by atoms with Crippen molar-refractivity contribution < 1.29 is 4.74 Å². The maximum atomic E-state index is 6.85. The number of fused-ring (bicyclic) bond motifs is 7. The van der Waals surface area contributed by atoms with Gasteiger partial charge in [0.05, 0.1) is 27.8 Å². The highest BCUT2D eigenvalue weighted by atomic mass is 16.5. The number of ether oxygens (including phenoxy) is 1. The van der Waals surface area contributed by atoms with Gasteiger partial charge in [-0.05, 0) is 63.4 Å². The second-order valence-electron chi connectivity index (χ2n) is 12.1. The van der Waals surface area contributed by atoms with E-state index in [-0.39, 0.29) is 0 Å². The molecule has 0 fully saturated rings. The highest BCUT2D eigenvalue weighted by molar-refractivity contribution is 5.98. The Labute approximate surface area is 266 Å². The molecule has 3 heteroatoms. The fourth-order valence-electron chi connectivity index (χ4n) is 7.76. The van der Waals surface area contributed by atoms with Crippen LogP contribution in [0.1, 0.15) is 22.3 Å². The SMILES string of the molecule is c1ccc(-c2nc3cc4ccccc4cc3nc2-c2cc3c4c(c2)-c2ccccc2C4(c2ccccc2)c2ccccc2O3)cc1. The molecular weight excluding hydrogens is 560 g/mol. The summed E-state index contributed by atoms with van der Waals surface area (Å²) in [5.74, 6) is 1.73. The zero-order valence-corrected chi connectivity index (χ0v) is 24.8. The van der Waals surface area contributed by atoms with Crippen molar-refractivity contribution in [2.24, 2.45) is 0 Å². The zero-order valence-electron chi connectivity index (χ0n) is 24.8. The van der Waals surface area contributed by atoms with Gasteiger partial charge in [-0.2, -0.15) is 0 Å². The van der Waals surface area contributed by atoms with E-state index in [2.05, 4.69) is 152 Å². The third-order valence-electron chi connectivity index (χ3n) is 9.67. The Balaban J connectivity index is 1.31. The van der Waals surface area contributed by atoms with E-state index in [4.69, 9.17) is 14.7 Å². The van der Waals surface area contributed by atoms with Gasteiger partial charge in [0.2, 0.25) is 0 Å². The third-order valence-corrected chi connectivity index (χ3v) is 9.67. The van der Waals surface area contributed by atoms with E-state index >= 15 is 0 Å². The van der Waals surface area contributed by atoms with Crippen LogP contribution in [0.3, 0.4) is 0 Å². The Morgan fingerprint density at radius 3 is 1.76 bits per heavy atom. The molecule has 1 atom stereocenters. The predicted octanol–water partition coefficient (Wildman–Crippen LogP) is 10.6. The maximum absolute atomic E-state index is 6.85. The third kappa shape index (κ3) is 3.43. The monoisotopic (exact) mass is 586 g/mol. The molecule has 214 valence electrons. The van der Waals surface area contributed by atoms with Crippen LogP contribution < -0.4 is 4.74 Å². The Morgan fingerprint density at radius 2 is 1.02 bits per heavy atom. The Kier molecular flexibility index (Phi) is 5.20. The minimum absolute atomic E-state index is 0.494. The first-order valence-corrected chi connectivity index (χ1v) is 15.7. The van der Waals surface area contributed by atoms with Crippen LogP contribution in [-0.4, -0.2) is 9.97 Å². The zero-order chi connectivity index (χ0) is 30.2. The summed E-state index contributed by atoms with van der Waals surface area (Å²) in [5, 5.41) is 2.30. The van der Waals surface area contributed by atoms with Crippen LogP contribution in [0.5, 0.6) is 11.5 Å². The van der Waals surface area contributed by atoms with E-state index in [1.54, 1.807) is 0 Å². The smallest absolute Gasteiger partial charge is 0.133 e. The van der Waals surface area contributed by atoms with E-state index in [1.807, 2.05) is 6.07 Å². The first kappa shape index (κ1) is 25.3. The standard InChI is InChI=1S/C43H26N2O/c1-3-13-27(14-4-1)41-42(45-37-25-29-16-8-7-15-28(29)24-36(37)44-41)30-23-33-32-19-9-10-20-34(32)43(31-17-5-2-6-18-31)35-21-11-12-22-38(35)46-39(26-30)40(33)43/h1-26H. The number of aromatic nitrogens is 2. The molecular formula is C43H26N2O. The first-order chi connectivity index (χ1) is 22.8. The number of benzene rings is 7. The number of hydrogen-bond donors (Lipinski definition) is 0. The van der Waals surface area contributed by atoms with Gasteiger partial charge in [0.15, 0.2) is 0 Å². The molecule has 0 saturated heterocycles. The van der Waals surface area contributed by atoms with Crippen molar-refractivity contribution in [3.05, 3.63) is 180 Å². The normalized spacial score (nSPS) is 15.7. The van der Waals surface area contributed by atoms with Gasteiger partial charge in [-0.15, -0.1) is 0 Å².